The van der Waals surface area contributed by atoms with Gasteiger partial charge in [0, 0.05) is 50.7 Å². The first-order valence-electron chi connectivity index (χ1n) is 9.60. The Balaban J connectivity index is 1.23. The molecule has 0 spiro atoms. The van der Waals surface area contributed by atoms with Crippen LogP contribution in [0.1, 0.15) is 23.8 Å². The molecular formula is C21H24N4O3. The second-order valence-electron chi connectivity index (χ2n) is 7.08. The molecule has 0 aliphatic carbocycles. The van der Waals surface area contributed by atoms with E-state index in [4.69, 9.17) is 8.94 Å². The second-order valence-corrected chi connectivity index (χ2v) is 7.08. The van der Waals surface area contributed by atoms with Gasteiger partial charge in [-0.05, 0) is 6.92 Å². The van der Waals surface area contributed by atoms with Gasteiger partial charge in [0.2, 0.25) is 5.91 Å². The highest BCUT2D eigenvalue weighted by molar-refractivity contribution is 5.76. The minimum absolute atomic E-state index is 0.148. The predicted octanol–water partition coefficient (Wildman–Crippen LogP) is 2.92. The molecule has 0 atom stereocenters. The number of amides is 1. The van der Waals surface area contributed by atoms with E-state index < -0.39 is 0 Å². The lowest BCUT2D eigenvalue weighted by Crippen LogP contribution is -2.48. The first-order chi connectivity index (χ1) is 13.7. The average molecular weight is 380 g/mol. The number of piperazine rings is 1. The summed E-state index contributed by atoms with van der Waals surface area (Å²) in [4.78, 5) is 21.0. The van der Waals surface area contributed by atoms with Crippen LogP contribution in [0.4, 0.5) is 0 Å². The van der Waals surface area contributed by atoms with Crippen molar-refractivity contribution < 1.29 is 13.7 Å². The van der Waals surface area contributed by atoms with Gasteiger partial charge in [0.15, 0.2) is 17.4 Å². The molecule has 7 heteroatoms. The smallest absolute Gasteiger partial charge is 0.223 e. The number of aryl methyl sites for hydroxylation is 2. The van der Waals surface area contributed by atoms with Crippen LogP contribution in [0.2, 0.25) is 0 Å². The molecule has 0 N–H and O–H groups in total. The van der Waals surface area contributed by atoms with Crippen molar-refractivity contribution >= 4 is 5.91 Å². The van der Waals surface area contributed by atoms with Crippen LogP contribution >= 0.6 is 0 Å². The summed E-state index contributed by atoms with van der Waals surface area (Å²) < 4.78 is 11.1. The highest BCUT2D eigenvalue weighted by Gasteiger charge is 2.22. The molecule has 3 heterocycles. The normalized spacial score (nSPS) is 15.1. The molecule has 0 bridgehead atoms. The zero-order chi connectivity index (χ0) is 19.3. The number of hydrogen-bond donors (Lipinski definition) is 0. The van der Waals surface area contributed by atoms with E-state index in [1.54, 1.807) is 6.20 Å². The zero-order valence-corrected chi connectivity index (χ0v) is 16.0. The number of rotatable bonds is 6. The van der Waals surface area contributed by atoms with E-state index >= 15 is 0 Å². The Morgan fingerprint density at radius 2 is 1.93 bits per heavy atom. The van der Waals surface area contributed by atoms with Gasteiger partial charge in [-0.15, -0.1) is 0 Å². The number of aromatic nitrogens is 2. The molecule has 0 unspecified atom stereocenters. The second kappa shape index (κ2) is 8.39. The molecule has 0 radical (unpaired) electrons. The highest BCUT2D eigenvalue weighted by Crippen LogP contribution is 2.20. The van der Waals surface area contributed by atoms with E-state index in [2.05, 4.69) is 15.0 Å². The molecule has 1 aromatic carbocycles. The summed E-state index contributed by atoms with van der Waals surface area (Å²) in [5.74, 6) is 2.36. The molecule has 1 aliphatic rings. The van der Waals surface area contributed by atoms with Gasteiger partial charge in [0.25, 0.3) is 0 Å². The van der Waals surface area contributed by atoms with Crippen molar-refractivity contribution in [3.63, 3.8) is 0 Å². The molecule has 4 rings (SSSR count). The number of carbonyl (C=O) groups excluding carboxylic acids is 1. The quantitative estimate of drug-likeness (QED) is 0.655. The highest BCUT2D eigenvalue weighted by atomic mass is 16.5. The van der Waals surface area contributed by atoms with E-state index in [-0.39, 0.29) is 5.91 Å². The van der Waals surface area contributed by atoms with Crippen LogP contribution in [0.25, 0.3) is 11.3 Å². The van der Waals surface area contributed by atoms with E-state index in [0.717, 1.165) is 55.5 Å². The Labute approximate surface area is 163 Å². The topological polar surface area (TPSA) is 75.6 Å². The first-order valence-corrected chi connectivity index (χ1v) is 9.60. The minimum atomic E-state index is 0.148. The van der Waals surface area contributed by atoms with Crippen molar-refractivity contribution in [3.05, 3.63) is 59.9 Å². The van der Waals surface area contributed by atoms with Gasteiger partial charge in [-0.2, -0.15) is 0 Å². The van der Waals surface area contributed by atoms with Crippen LogP contribution in [-0.4, -0.2) is 52.0 Å². The predicted molar refractivity (Wildman–Crippen MR) is 103 cm³/mol. The van der Waals surface area contributed by atoms with Crippen molar-refractivity contribution in [2.75, 3.05) is 26.2 Å². The fraction of sp³-hybridized carbons (Fsp3) is 0.381. The molecule has 1 saturated heterocycles. The number of hydrogen-bond acceptors (Lipinski definition) is 6. The van der Waals surface area contributed by atoms with Gasteiger partial charge in [-0.1, -0.05) is 35.5 Å². The molecule has 2 aromatic heterocycles. The maximum atomic E-state index is 12.5. The molecule has 146 valence electrons. The van der Waals surface area contributed by atoms with Crippen LogP contribution in [0, 0.1) is 6.92 Å². The molecule has 1 fully saturated rings. The molecule has 7 nitrogen and oxygen atoms in total. The van der Waals surface area contributed by atoms with E-state index in [9.17, 15) is 4.79 Å². The standard InChI is InChI=1S/C21H24N4O3/c1-16-13-18(28-23-16)15-24-9-11-25(12-10-24)21(26)8-7-20-22-14-19(27-20)17-5-3-2-4-6-17/h2-6,13-14H,7-12,15H2,1H3. The third-order valence-corrected chi connectivity index (χ3v) is 4.95. The lowest BCUT2D eigenvalue weighted by molar-refractivity contribution is -0.133. The summed E-state index contributed by atoms with van der Waals surface area (Å²) in [5, 5.41) is 3.92. The summed E-state index contributed by atoms with van der Waals surface area (Å²) in [6.07, 6.45) is 2.65. The summed E-state index contributed by atoms with van der Waals surface area (Å²) in [6.45, 7) is 5.78. The van der Waals surface area contributed by atoms with Gasteiger partial charge in [0.05, 0.1) is 18.4 Å². The lowest BCUT2D eigenvalue weighted by Gasteiger charge is -2.34. The van der Waals surface area contributed by atoms with Crippen LogP contribution in [0.3, 0.4) is 0 Å². The summed E-state index contributed by atoms with van der Waals surface area (Å²) in [7, 11) is 0. The molecule has 1 aliphatic heterocycles. The Hall–Kier alpha value is -2.93. The number of oxazole rings is 1. The van der Waals surface area contributed by atoms with Crippen LogP contribution < -0.4 is 0 Å². The Kier molecular flexibility index (Phi) is 5.53. The van der Waals surface area contributed by atoms with Gasteiger partial charge in [0.1, 0.15) is 0 Å². The van der Waals surface area contributed by atoms with E-state index in [1.807, 2.05) is 48.2 Å². The fourth-order valence-electron chi connectivity index (χ4n) is 3.40. The van der Waals surface area contributed by atoms with Crippen molar-refractivity contribution in [3.8, 4) is 11.3 Å². The average Bonchev–Trinajstić information content (AvgIpc) is 3.36. The number of benzene rings is 1. The van der Waals surface area contributed by atoms with Gasteiger partial charge < -0.3 is 13.8 Å². The summed E-state index contributed by atoms with van der Waals surface area (Å²) in [5.41, 5.74) is 1.89. The third-order valence-electron chi connectivity index (χ3n) is 4.95. The Bertz CT molecular complexity index is 911. The Morgan fingerprint density at radius 1 is 1.14 bits per heavy atom. The third kappa shape index (κ3) is 4.48. The van der Waals surface area contributed by atoms with Crippen molar-refractivity contribution in [1.82, 2.24) is 19.9 Å². The van der Waals surface area contributed by atoms with Gasteiger partial charge in [-0.3, -0.25) is 9.69 Å². The molecule has 3 aromatic rings. The van der Waals surface area contributed by atoms with Crippen LogP contribution in [-0.2, 0) is 17.8 Å². The van der Waals surface area contributed by atoms with Crippen molar-refractivity contribution in [2.24, 2.45) is 0 Å². The first kappa shape index (κ1) is 18.4. The molecule has 1 amide bonds. The van der Waals surface area contributed by atoms with E-state index in [1.165, 1.54) is 0 Å². The summed E-state index contributed by atoms with van der Waals surface area (Å²) in [6, 6.07) is 11.8. The summed E-state index contributed by atoms with van der Waals surface area (Å²) >= 11 is 0. The number of nitrogens with zero attached hydrogens (tertiary/aromatic N) is 4. The van der Waals surface area contributed by atoms with Crippen molar-refractivity contribution in [1.29, 1.82) is 0 Å². The lowest BCUT2D eigenvalue weighted by atomic mass is 10.2. The SMILES string of the molecule is Cc1cc(CN2CCN(C(=O)CCc3ncc(-c4ccccc4)o3)CC2)on1. The maximum absolute atomic E-state index is 12.5. The fourth-order valence-corrected chi connectivity index (χ4v) is 3.40. The molecular weight excluding hydrogens is 356 g/mol. The molecule has 0 saturated carbocycles. The monoisotopic (exact) mass is 380 g/mol. The van der Waals surface area contributed by atoms with Crippen molar-refractivity contribution in [2.45, 2.75) is 26.3 Å². The van der Waals surface area contributed by atoms with Crippen LogP contribution in [0.5, 0.6) is 0 Å². The van der Waals surface area contributed by atoms with Crippen LogP contribution in [0.15, 0.2) is 51.5 Å². The molecule has 28 heavy (non-hydrogen) atoms. The number of carbonyl (C=O) groups is 1. The zero-order valence-electron chi connectivity index (χ0n) is 16.0. The minimum Gasteiger partial charge on any atom is -0.441 e. The Morgan fingerprint density at radius 3 is 2.64 bits per heavy atom. The van der Waals surface area contributed by atoms with Gasteiger partial charge >= 0.3 is 0 Å². The van der Waals surface area contributed by atoms with Gasteiger partial charge in [-0.25, -0.2) is 4.98 Å². The van der Waals surface area contributed by atoms with E-state index in [0.29, 0.717) is 18.7 Å². The maximum Gasteiger partial charge on any atom is 0.223 e. The largest absolute Gasteiger partial charge is 0.441 e.